The first-order valence-electron chi connectivity index (χ1n) is 9.28. The van der Waals surface area contributed by atoms with Crippen LogP contribution in [-0.2, 0) is 24.8 Å². The summed E-state index contributed by atoms with van der Waals surface area (Å²) in [6.07, 6.45) is 6.40. The van der Waals surface area contributed by atoms with Crippen molar-refractivity contribution in [3.05, 3.63) is 41.6 Å². The maximum absolute atomic E-state index is 5.84. The van der Waals surface area contributed by atoms with Crippen molar-refractivity contribution in [3.8, 4) is 0 Å². The zero-order valence-electron chi connectivity index (χ0n) is 15.2. The number of aryl methyl sites for hydroxylation is 2. The molecule has 2 aromatic rings. The Labute approximate surface area is 149 Å². The third-order valence-electron chi connectivity index (χ3n) is 5.50. The second kappa shape index (κ2) is 7.32. The Morgan fingerprint density at radius 3 is 2.72 bits per heavy atom. The molecule has 0 radical (unpaired) electrons. The molecule has 2 fully saturated rings. The summed E-state index contributed by atoms with van der Waals surface area (Å²) in [4.78, 5) is 5.21. The summed E-state index contributed by atoms with van der Waals surface area (Å²) < 4.78 is 13.3. The highest BCUT2D eigenvalue weighted by atomic mass is 16.5. The fourth-order valence-corrected chi connectivity index (χ4v) is 4.29. The number of hydrogen-bond acceptors (Lipinski definition) is 5. The van der Waals surface area contributed by atoms with E-state index in [1.54, 1.807) is 0 Å². The molecule has 2 aromatic heterocycles. The van der Waals surface area contributed by atoms with Crippen LogP contribution >= 0.6 is 0 Å². The molecule has 0 amide bonds. The van der Waals surface area contributed by atoms with Crippen molar-refractivity contribution in [2.24, 2.45) is 7.05 Å². The van der Waals surface area contributed by atoms with Crippen LogP contribution in [0.2, 0.25) is 0 Å². The number of hydrogen-bond donors (Lipinski definition) is 0. The van der Waals surface area contributed by atoms with Gasteiger partial charge in [-0.05, 0) is 37.5 Å². The number of rotatable bonds is 5. The van der Waals surface area contributed by atoms with Crippen LogP contribution in [0.25, 0.3) is 0 Å². The summed E-state index contributed by atoms with van der Waals surface area (Å²) >= 11 is 0. The van der Waals surface area contributed by atoms with E-state index in [0.29, 0.717) is 12.1 Å². The summed E-state index contributed by atoms with van der Waals surface area (Å²) in [5.41, 5.74) is 1.31. The Bertz CT molecular complexity index is 689. The first-order valence-corrected chi connectivity index (χ1v) is 9.28. The first kappa shape index (κ1) is 16.8. The lowest BCUT2D eigenvalue weighted by atomic mass is 10.00. The maximum atomic E-state index is 5.84. The summed E-state index contributed by atoms with van der Waals surface area (Å²) in [6, 6.07) is 5.24. The lowest BCUT2D eigenvalue weighted by molar-refractivity contribution is 0.00754. The summed E-state index contributed by atoms with van der Waals surface area (Å²) in [5, 5.41) is 4.35. The lowest BCUT2D eigenvalue weighted by Crippen LogP contribution is -2.50. The highest BCUT2D eigenvalue weighted by Gasteiger charge is 2.38. The molecule has 2 saturated heterocycles. The van der Waals surface area contributed by atoms with Crippen LogP contribution < -0.4 is 0 Å². The van der Waals surface area contributed by atoms with Gasteiger partial charge in [0, 0.05) is 45.0 Å². The van der Waals surface area contributed by atoms with Crippen LogP contribution in [0.15, 0.2) is 28.9 Å². The fourth-order valence-electron chi connectivity index (χ4n) is 4.29. The Hall–Kier alpha value is -1.63. The summed E-state index contributed by atoms with van der Waals surface area (Å²) in [7, 11) is 1.99. The van der Waals surface area contributed by atoms with Crippen molar-refractivity contribution >= 4 is 0 Å². The van der Waals surface area contributed by atoms with Crippen molar-refractivity contribution in [2.45, 2.75) is 38.4 Å². The second-order valence-electron chi connectivity index (χ2n) is 7.28. The Morgan fingerprint density at radius 2 is 2.04 bits per heavy atom. The van der Waals surface area contributed by atoms with Gasteiger partial charge >= 0.3 is 0 Å². The largest absolute Gasteiger partial charge is 0.465 e. The number of nitrogens with zero attached hydrogens (tertiary/aromatic N) is 4. The molecular weight excluding hydrogens is 316 g/mol. The molecule has 4 heterocycles. The van der Waals surface area contributed by atoms with E-state index >= 15 is 0 Å². The minimum atomic E-state index is 0.493. The molecule has 4 rings (SSSR count). The van der Waals surface area contributed by atoms with Gasteiger partial charge in [-0.25, -0.2) is 0 Å². The van der Waals surface area contributed by atoms with Crippen molar-refractivity contribution in [3.63, 3.8) is 0 Å². The van der Waals surface area contributed by atoms with Gasteiger partial charge in [0.15, 0.2) is 0 Å². The number of ether oxygens (including phenoxy) is 1. The standard InChI is InChI=1S/C19H28N4O2/c1-15-3-4-17(25-15)14-23-6-5-18(22-7-9-24-10-8-22)19(23)11-16-12-20-21(2)13-16/h3-4,12-13,18-19H,5-11,14H2,1-2H3/t18-,19+/m0/s1. The number of aromatic nitrogens is 2. The average Bonchev–Trinajstić information content (AvgIpc) is 3.31. The van der Waals surface area contributed by atoms with E-state index < -0.39 is 0 Å². The maximum Gasteiger partial charge on any atom is 0.118 e. The molecule has 136 valence electrons. The Kier molecular flexibility index (Phi) is 4.92. The molecule has 0 aromatic carbocycles. The molecule has 2 atom stereocenters. The van der Waals surface area contributed by atoms with Gasteiger partial charge in [-0.1, -0.05) is 0 Å². The van der Waals surface area contributed by atoms with Gasteiger partial charge < -0.3 is 9.15 Å². The monoisotopic (exact) mass is 344 g/mol. The van der Waals surface area contributed by atoms with Gasteiger partial charge in [0.25, 0.3) is 0 Å². The number of furan rings is 1. The number of morpholine rings is 1. The van der Waals surface area contributed by atoms with E-state index in [0.717, 1.165) is 57.3 Å². The first-order chi connectivity index (χ1) is 12.2. The van der Waals surface area contributed by atoms with E-state index in [1.165, 1.54) is 12.0 Å². The minimum Gasteiger partial charge on any atom is -0.465 e. The predicted octanol–water partition coefficient (Wildman–Crippen LogP) is 1.84. The van der Waals surface area contributed by atoms with Gasteiger partial charge in [-0.2, -0.15) is 5.10 Å². The molecule has 0 saturated carbocycles. The molecule has 0 bridgehead atoms. The minimum absolute atomic E-state index is 0.493. The molecular formula is C19H28N4O2. The third kappa shape index (κ3) is 3.81. The summed E-state index contributed by atoms with van der Waals surface area (Å²) in [6.45, 7) is 7.81. The highest BCUT2D eigenvalue weighted by molar-refractivity contribution is 5.11. The van der Waals surface area contributed by atoms with E-state index in [2.05, 4.69) is 33.2 Å². The lowest BCUT2D eigenvalue weighted by Gasteiger charge is -2.37. The smallest absolute Gasteiger partial charge is 0.118 e. The van der Waals surface area contributed by atoms with Crippen molar-refractivity contribution in [2.75, 3.05) is 32.8 Å². The SMILES string of the molecule is Cc1ccc(CN2CC[C@H](N3CCOCC3)[C@H]2Cc2cnn(C)c2)o1. The van der Waals surface area contributed by atoms with E-state index in [-0.39, 0.29) is 0 Å². The van der Waals surface area contributed by atoms with E-state index in [1.807, 2.05) is 24.9 Å². The molecule has 0 unspecified atom stereocenters. The fraction of sp³-hybridized carbons (Fsp3) is 0.632. The van der Waals surface area contributed by atoms with Gasteiger partial charge in [0.05, 0.1) is 26.0 Å². The van der Waals surface area contributed by atoms with Crippen molar-refractivity contribution < 1.29 is 9.15 Å². The van der Waals surface area contributed by atoms with Gasteiger partial charge in [-0.15, -0.1) is 0 Å². The average molecular weight is 344 g/mol. The van der Waals surface area contributed by atoms with Crippen molar-refractivity contribution in [1.29, 1.82) is 0 Å². The molecule has 2 aliphatic heterocycles. The van der Waals surface area contributed by atoms with Gasteiger partial charge in [-0.3, -0.25) is 14.5 Å². The molecule has 0 aliphatic carbocycles. The molecule has 25 heavy (non-hydrogen) atoms. The van der Waals surface area contributed by atoms with Gasteiger partial charge in [0.2, 0.25) is 0 Å². The Balaban J connectivity index is 1.52. The summed E-state index contributed by atoms with van der Waals surface area (Å²) in [5.74, 6) is 2.05. The quantitative estimate of drug-likeness (QED) is 0.828. The topological polar surface area (TPSA) is 46.7 Å². The molecule has 6 heteroatoms. The van der Waals surface area contributed by atoms with Crippen LogP contribution in [0.5, 0.6) is 0 Å². The normalized spacial score (nSPS) is 25.7. The molecule has 6 nitrogen and oxygen atoms in total. The van der Waals surface area contributed by atoms with Crippen LogP contribution in [0, 0.1) is 6.92 Å². The van der Waals surface area contributed by atoms with Crippen LogP contribution in [-0.4, -0.2) is 64.5 Å². The van der Waals surface area contributed by atoms with Crippen LogP contribution in [0.3, 0.4) is 0 Å². The van der Waals surface area contributed by atoms with Gasteiger partial charge in [0.1, 0.15) is 11.5 Å². The second-order valence-corrected chi connectivity index (χ2v) is 7.28. The molecule has 0 spiro atoms. The van der Waals surface area contributed by atoms with E-state index in [9.17, 15) is 0 Å². The van der Waals surface area contributed by atoms with E-state index in [4.69, 9.17) is 9.15 Å². The number of likely N-dealkylation sites (tertiary alicyclic amines) is 1. The molecule has 0 N–H and O–H groups in total. The predicted molar refractivity (Wildman–Crippen MR) is 95.4 cm³/mol. The van der Waals surface area contributed by atoms with Crippen LogP contribution in [0.1, 0.15) is 23.5 Å². The zero-order valence-corrected chi connectivity index (χ0v) is 15.2. The van der Waals surface area contributed by atoms with Crippen LogP contribution in [0.4, 0.5) is 0 Å². The third-order valence-corrected chi connectivity index (χ3v) is 5.50. The highest BCUT2D eigenvalue weighted by Crippen LogP contribution is 2.28. The zero-order chi connectivity index (χ0) is 17.2. The molecule has 2 aliphatic rings. The van der Waals surface area contributed by atoms with Crippen molar-refractivity contribution in [1.82, 2.24) is 19.6 Å². The Morgan fingerprint density at radius 1 is 1.20 bits per heavy atom.